The first-order valence-electron chi connectivity index (χ1n) is 6.24. The minimum absolute atomic E-state index is 0. The number of aliphatic imine (C=N–C) groups is 1. The van der Waals surface area contributed by atoms with Crippen molar-refractivity contribution in [3.63, 3.8) is 0 Å². The second-order valence-corrected chi connectivity index (χ2v) is 5.56. The Balaban J connectivity index is 0.00000200. The molecule has 0 amide bonds. The molecule has 0 aliphatic heterocycles. The summed E-state index contributed by atoms with van der Waals surface area (Å²) in [6.45, 7) is 4.68. The van der Waals surface area contributed by atoms with Gasteiger partial charge >= 0.3 is 0 Å². The zero-order valence-corrected chi connectivity index (χ0v) is 14.7. The van der Waals surface area contributed by atoms with Gasteiger partial charge in [0.05, 0.1) is 6.54 Å². The van der Waals surface area contributed by atoms with Gasteiger partial charge in [0.25, 0.3) is 0 Å². The molecule has 0 aliphatic carbocycles. The van der Waals surface area contributed by atoms with Gasteiger partial charge in [-0.2, -0.15) is 0 Å². The van der Waals surface area contributed by atoms with Crippen LogP contribution in [0.3, 0.4) is 0 Å². The van der Waals surface area contributed by atoms with E-state index >= 15 is 0 Å². The summed E-state index contributed by atoms with van der Waals surface area (Å²) in [5, 5.41) is 4.05. The maximum absolute atomic E-state index is 5.85. The first-order chi connectivity index (χ1) is 9.17. The third-order valence-corrected chi connectivity index (χ3v) is 3.59. The molecular weight excluding hydrogens is 383 g/mol. The Hall–Kier alpha value is -1.15. The molecule has 0 unspecified atom stereocenters. The first kappa shape index (κ1) is 16.9. The van der Waals surface area contributed by atoms with Crippen LogP contribution in [0.4, 0.5) is 5.69 Å². The summed E-state index contributed by atoms with van der Waals surface area (Å²) in [5.74, 6) is 0.414. The lowest BCUT2D eigenvalue weighted by molar-refractivity contribution is 1.03. The van der Waals surface area contributed by atoms with Gasteiger partial charge in [-0.05, 0) is 31.0 Å². The Morgan fingerprint density at radius 1 is 1.35 bits per heavy atom. The molecule has 0 bridgehead atoms. The van der Waals surface area contributed by atoms with Gasteiger partial charge in [-0.1, -0.05) is 19.1 Å². The van der Waals surface area contributed by atoms with Crippen LogP contribution in [0.15, 0.2) is 35.5 Å². The van der Waals surface area contributed by atoms with Crippen LogP contribution in [-0.4, -0.2) is 10.9 Å². The van der Waals surface area contributed by atoms with Crippen LogP contribution >= 0.6 is 35.3 Å². The second kappa shape index (κ2) is 8.21. The van der Waals surface area contributed by atoms with Gasteiger partial charge in [-0.3, -0.25) is 0 Å². The Morgan fingerprint density at radius 2 is 2.05 bits per heavy atom. The van der Waals surface area contributed by atoms with Crippen LogP contribution < -0.4 is 11.1 Å². The van der Waals surface area contributed by atoms with Gasteiger partial charge in [-0.15, -0.1) is 35.3 Å². The van der Waals surface area contributed by atoms with Crippen molar-refractivity contribution in [2.24, 2.45) is 10.7 Å². The fraction of sp³-hybridized carbons (Fsp3) is 0.286. The topological polar surface area (TPSA) is 63.3 Å². The molecule has 2 aromatic rings. The maximum atomic E-state index is 5.85. The van der Waals surface area contributed by atoms with Gasteiger partial charge in [-0.25, -0.2) is 9.98 Å². The standard InChI is InChI=1S/C14H18N4S.HI/c1-3-11-4-6-12(7-5-11)18-14(15)17-9-13-16-8-10(2)19-13;/h4-8H,3,9H2,1-2H3,(H3,15,17,18);1H. The van der Waals surface area contributed by atoms with E-state index in [4.69, 9.17) is 5.73 Å². The molecule has 0 fully saturated rings. The van der Waals surface area contributed by atoms with Crippen molar-refractivity contribution in [1.29, 1.82) is 0 Å². The second-order valence-electron chi connectivity index (χ2n) is 4.24. The van der Waals surface area contributed by atoms with Crippen LogP contribution in [0.2, 0.25) is 0 Å². The fourth-order valence-corrected chi connectivity index (χ4v) is 2.35. The quantitative estimate of drug-likeness (QED) is 0.467. The lowest BCUT2D eigenvalue weighted by Crippen LogP contribution is -2.22. The Morgan fingerprint density at radius 3 is 2.60 bits per heavy atom. The largest absolute Gasteiger partial charge is 0.370 e. The SMILES string of the molecule is CCc1ccc(NC(N)=NCc2ncc(C)s2)cc1.I. The fourth-order valence-electron chi connectivity index (χ4n) is 1.64. The molecule has 0 saturated carbocycles. The summed E-state index contributed by atoms with van der Waals surface area (Å²) in [7, 11) is 0. The molecule has 1 aromatic heterocycles. The summed E-state index contributed by atoms with van der Waals surface area (Å²) in [6.07, 6.45) is 2.88. The molecule has 0 radical (unpaired) electrons. The molecular formula is C14H19IN4S. The molecule has 0 atom stereocenters. The number of anilines is 1. The number of hydrogen-bond acceptors (Lipinski definition) is 3. The van der Waals surface area contributed by atoms with Crippen LogP contribution in [0.5, 0.6) is 0 Å². The summed E-state index contributed by atoms with van der Waals surface area (Å²) in [6, 6.07) is 8.18. The first-order valence-corrected chi connectivity index (χ1v) is 7.06. The number of guanidine groups is 1. The van der Waals surface area contributed by atoms with Crippen molar-refractivity contribution in [3.8, 4) is 0 Å². The Labute approximate surface area is 140 Å². The highest BCUT2D eigenvalue weighted by Crippen LogP contribution is 2.12. The van der Waals surface area contributed by atoms with E-state index in [-0.39, 0.29) is 24.0 Å². The molecule has 3 N–H and O–H groups in total. The molecule has 4 nitrogen and oxygen atoms in total. The Kier molecular flexibility index (Phi) is 6.94. The van der Waals surface area contributed by atoms with Crippen molar-refractivity contribution in [3.05, 3.63) is 45.9 Å². The zero-order valence-electron chi connectivity index (χ0n) is 11.6. The lowest BCUT2D eigenvalue weighted by Gasteiger charge is -2.05. The van der Waals surface area contributed by atoms with Crippen molar-refractivity contribution < 1.29 is 0 Å². The number of aryl methyl sites for hydroxylation is 2. The number of thiazole rings is 1. The lowest BCUT2D eigenvalue weighted by atomic mass is 10.1. The van der Waals surface area contributed by atoms with Gasteiger partial charge in [0.15, 0.2) is 5.96 Å². The monoisotopic (exact) mass is 402 g/mol. The summed E-state index contributed by atoms with van der Waals surface area (Å²) >= 11 is 1.64. The van der Waals surface area contributed by atoms with Gasteiger partial charge in [0.2, 0.25) is 0 Å². The van der Waals surface area contributed by atoms with Gasteiger partial charge in [0, 0.05) is 16.8 Å². The normalized spacial score (nSPS) is 11.0. The average Bonchev–Trinajstić information content (AvgIpc) is 2.83. The van der Waals surface area contributed by atoms with Crippen LogP contribution in [0.1, 0.15) is 22.4 Å². The highest BCUT2D eigenvalue weighted by atomic mass is 127. The number of nitrogens with one attached hydrogen (secondary N) is 1. The Bertz CT molecular complexity index is 563. The smallest absolute Gasteiger partial charge is 0.193 e. The summed E-state index contributed by atoms with van der Waals surface area (Å²) < 4.78 is 0. The molecule has 2 rings (SSSR count). The minimum atomic E-state index is 0. The molecule has 6 heteroatoms. The highest BCUT2D eigenvalue weighted by molar-refractivity contribution is 14.0. The van der Waals surface area contributed by atoms with E-state index in [0.717, 1.165) is 17.1 Å². The summed E-state index contributed by atoms with van der Waals surface area (Å²) in [5.41, 5.74) is 8.10. The third kappa shape index (κ3) is 5.09. The molecule has 20 heavy (non-hydrogen) atoms. The zero-order chi connectivity index (χ0) is 13.7. The van der Waals surface area contributed by atoms with E-state index in [0.29, 0.717) is 12.5 Å². The van der Waals surface area contributed by atoms with Crippen LogP contribution in [0, 0.1) is 6.92 Å². The number of halogens is 1. The minimum Gasteiger partial charge on any atom is -0.370 e. The molecule has 0 spiro atoms. The maximum Gasteiger partial charge on any atom is 0.193 e. The van der Waals surface area contributed by atoms with Crippen molar-refractivity contribution in [2.75, 3.05) is 5.32 Å². The van der Waals surface area contributed by atoms with E-state index in [1.165, 1.54) is 10.4 Å². The number of benzene rings is 1. The van der Waals surface area contributed by atoms with Crippen molar-refractivity contribution in [2.45, 2.75) is 26.8 Å². The van der Waals surface area contributed by atoms with Gasteiger partial charge < -0.3 is 11.1 Å². The van der Waals surface area contributed by atoms with Crippen LogP contribution in [-0.2, 0) is 13.0 Å². The predicted molar refractivity (Wildman–Crippen MR) is 97.0 cm³/mol. The van der Waals surface area contributed by atoms with Crippen molar-refractivity contribution in [1.82, 2.24) is 4.98 Å². The van der Waals surface area contributed by atoms with Crippen molar-refractivity contribution >= 4 is 47.0 Å². The van der Waals surface area contributed by atoms with E-state index < -0.39 is 0 Å². The van der Waals surface area contributed by atoms with E-state index in [1.807, 2.05) is 25.3 Å². The van der Waals surface area contributed by atoms with E-state index in [2.05, 4.69) is 34.3 Å². The molecule has 0 saturated heterocycles. The third-order valence-electron chi connectivity index (χ3n) is 2.69. The summed E-state index contributed by atoms with van der Waals surface area (Å²) in [4.78, 5) is 9.71. The number of hydrogen-bond donors (Lipinski definition) is 2. The van der Waals surface area contributed by atoms with E-state index in [1.54, 1.807) is 11.3 Å². The number of nitrogens with two attached hydrogens (primary N) is 1. The highest BCUT2D eigenvalue weighted by Gasteiger charge is 1.99. The number of aromatic nitrogens is 1. The molecule has 1 aromatic carbocycles. The predicted octanol–water partition coefficient (Wildman–Crippen LogP) is 3.56. The van der Waals surface area contributed by atoms with Gasteiger partial charge in [0.1, 0.15) is 5.01 Å². The molecule has 0 aliphatic rings. The van der Waals surface area contributed by atoms with Crippen LogP contribution in [0.25, 0.3) is 0 Å². The average molecular weight is 402 g/mol. The van der Waals surface area contributed by atoms with E-state index in [9.17, 15) is 0 Å². The number of nitrogens with zero attached hydrogens (tertiary/aromatic N) is 2. The molecule has 108 valence electrons. The number of rotatable bonds is 4. The molecule has 1 heterocycles.